The number of amides is 1. The van der Waals surface area contributed by atoms with Crippen LogP contribution in [0, 0.1) is 12.7 Å². The van der Waals surface area contributed by atoms with Gasteiger partial charge in [-0.2, -0.15) is 5.10 Å². The van der Waals surface area contributed by atoms with Crippen LogP contribution in [0.15, 0.2) is 30.5 Å². The van der Waals surface area contributed by atoms with E-state index < -0.39 is 15.7 Å². The van der Waals surface area contributed by atoms with Crippen molar-refractivity contribution in [1.29, 1.82) is 0 Å². The van der Waals surface area contributed by atoms with Crippen LogP contribution in [0.3, 0.4) is 0 Å². The van der Waals surface area contributed by atoms with E-state index in [1.54, 1.807) is 19.1 Å². The molecular weight excluding hydrogens is 309 g/mol. The standard InChI is InChI=1S/C14H16FN3O3S/c1-10-13(14(19)16-7-8-22(2,20)21)9-17-18(10)12-5-3-11(15)4-6-12/h3-6,9H,7-8H2,1-2H3,(H,16,19). The Morgan fingerprint density at radius 1 is 1.32 bits per heavy atom. The molecule has 8 heteroatoms. The molecule has 2 rings (SSSR count). The van der Waals surface area contributed by atoms with E-state index in [1.807, 2.05) is 0 Å². The summed E-state index contributed by atoms with van der Waals surface area (Å²) in [6.07, 6.45) is 2.51. The van der Waals surface area contributed by atoms with E-state index in [0.717, 1.165) is 6.26 Å². The van der Waals surface area contributed by atoms with E-state index >= 15 is 0 Å². The highest BCUT2D eigenvalue weighted by Gasteiger charge is 2.15. The molecule has 6 nitrogen and oxygen atoms in total. The molecule has 0 atom stereocenters. The molecule has 22 heavy (non-hydrogen) atoms. The van der Waals surface area contributed by atoms with Gasteiger partial charge in [0.25, 0.3) is 5.91 Å². The minimum atomic E-state index is -3.13. The van der Waals surface area contributed by atoms with Crippen molar-refractivity contribution in [3.63, 3.8) is 0 Å². The molecule has 0 saturated heterocycles. The number of sulfone groups is 1. The monoisotopic (exact) mass is 325 g/mol. The molecule has 0 bridgehead atoms. The summed E-state index contributed by atoms with van der Waals surface area (Å²) >= 11 is 0. The summed E-state index contributed by atoms with van der Waals surface area (Å²) in [5.41, 5.74) is 1.57. The second-order valence-electron chi connectivity index (χ2n) is 4.92. The molecule has 118 valence electrons. The molecule has 0 saturated carbocycles. The first kappa shape index (κ1) is 16.2. The number of aromatic nitrogens is 2. The summed E-state index contributed by atoms with van der Waals surface area (Å²) in [6, 6.07) is 5.73. The molecule has 0 aliphatic carbocycles. The van der Waals surface area contributed by atoms with Gasteiger partial charge in [0.2, 0.25) is 0 Å². The number of nitrogens with zero attached hydrogens (tertiary/aromatic N) is 2. The van der Waals surface area contributed by atoms with Crippen molar-refractivity contribution in [1.82, 2.24) is 15.1 Å². The molecule has 0 spiro atoms. The molecule has 0 aliphatic heterocycles. The Balaban J connectivity index is 2.13. The molecular formula is C14H16FN3O3S. The smallest absolute Gasteiger partial charge is 0.254 e. The fourth-order valence-corrected chi connectivity index (χ4v) is 2.39. The summed E-state index contributed by atoms with van der Waals surface area (Å²) in [7, 11) is -3.13. The quantitative estimate of drug-likeness (QED) is 0.892. The van der Waals surface area contributed by atoms with Crippen LogP contribution in [0.2, 0.25) is 0 Å². The fraction of sp³-hybridized carbons (Fsp3) is 0.286. The number of hydrogen-bond donors (Lipinski definition) is 1. The number of hydrogen-bond acceptors (Lipinski definition) is 4. The average molecular weight is 325 g/mol. The Morgan fingerprint density at radius 2 is 1.95 bits per heavy atom. The highest BCUT2D eigenvalue weighted by Crippen LogP contribution is 2.14. The maximum atomic E-state index is 12.9. The third-order valence-electron chi connectivity index (χ3n) is 3.08. The Kier molecular flexibility index (Phi) is 4.60. The largest absolute Gasteiger partial charge is 0.351 e. The van der Waals surface area contributed by atoms with Crippen LogP contribution in [0.1, 0.15) is 16.1 Å². The predicted molar refractivity (Wildman–Crippen MR) is 80.3 cm³/mol. The Bertz CT molecular complexity index is 782. The van der Waals surface area contributed by atoms with Gasteiger partial charge in [-0.3, -0.25) is 4.79 Å². The van der Waals surface area contributed by atoms with E-state index in [2.05, 4.69) is 10.4 Å². The number of nitrogens with one attached hydrogen (secondary N) is 1. The van der Waals surface area contributed by atoms with Gasteiger partial charge in [0.05, 0.1) is 28.9 Å². The molecule has 1 aromatic heterocycles. The molecule has 1 heterocycles. The second kappa shape index (κ2) is 6.27. The average Bonchev–Trinajstić information content (AvgIpc) is 2.80. The minimum Gasteiger partial charge on any atom is -0.351 e. The van der Waals surface area contributed by atoms with E-state index in [1.165, 1.54) is 23.0 Å². The minimum absolute atomic E-state index is 0.0405. The lowest BCUT2D eigenvalue weighted by atomic mass is 10.2. The predicted octanol–water partition coefficient (Wildman–Crippen LogP) is 1.09. The van der Waals surface area contributed by atoms with Crippen molar-refractivity contribution in [3.8, 4) is 5.69 Å². The van der Waals surface area contributed by atoms with Gasteiger partial charge in [-0.05, 0) is 31.2 Å². The zero-order valence-corrected chi connectivity index (χ0v) is 13.0. The number of rotatable bonds is 5. The van der Waals surface area contributed by atoms with Crippen molar-refractivity contribution in [2.45, 2.75) is 6.92 Å². The van der Waals surface area contributed by atoms with Crippen LogP contribution in [-0.2, 0) is 9.84 Å². The van der Waals surface area contributed by atoms with Crippen molar-refractivity contribution >= 4 is 15.7 Å². The van der Waals surface area contributed by atoms with E-state index in [9.17, 15) is 17.6 Å². The fourth-order valence-electron chi connectivity index (χ4n) is 1.92. The highest BCUT2D eigenvalue weighted by molar-refractivity contribution is 7.90. The summed E-state index contributed by atoms with van der Waals surface area (Å²) in [5, 5.41) is 6.65. The van der Waals surface area contributed by atoms with Gasteiger partial charge in [0, 0.05) is 12.8 Å². The summed E-state index contributed by atoms with van der Waals surface area (Å²) < 4.78 is 36.5. The zero-order chi connectivity index (χ0) is 16.3. The Labute approximate surface area is 127 Å². The van der Waals surface area contributed by atoms with Crippen LogP contribution in [0.4, 0.5) is 4.39 Å². The first-order valence-electron chi connectivity index (χ1n) is 6.54. The van der Waals surface area contributed by atoms with Crippen molar-refractivity contribution in [3.05, 3.63) is 47.5 Å². The maximum absolute atomic E-state index is 12.9. The molecule has 0 unspecified atom stereocenters. The first-order valence-corrected chi connectivity index (χ1v) is 8.60. The number of carbonyl (C=O) groups excluding carboxylic acids is 1. The van der Waals surface area contributed by atoms with Crippen LogP contribution < -0.4 is 5.32 Å². The molecule has 0 fully saturated rings. The first-order chi connectivity index (χ1) is 10.3. The van der Waals surface area contributed by atoms with E-state index in [0.29, 0.717) is 16.9 Å². The number of halogens is 1. The second-order valence-corrected chi connectivity index (χ2v) is 7.18. The lowest BCUT2D eigenvalue weighted by molar-refractivity contribution is 0.0955. The molecule has 2 aromatic rings. The van der Waals surface area contributed by atoms with Crippen LogP contribution in [0.5, 0.6) is 0 Å². The van der Waals surface area contributed by atoms with Gasteiger partial charge < -0.3 is 5.32 Å². The van der Waals surface area contributed by atoms with Gasteiger partial charge in [0.15, 0.2) is 0 Å². The van der Waals surface area contributed by atoms with Crippen LogP contribution >= 0.6 is 0 Å². The van der Waals surface area contributed by atoms with Gasteiger partial charge >= 0.3 is 0 Å². The molecule has 1 aromatic carbocycles. The zero-order valence-electron chi connectivity index (χ0n) is 12.2. The van der Waals surface area contributed by atoms with Gasteiger partial charge in [-0.25, -0.2) is 17.5 Å². The molecule has 0 aliphatic rings. The van der Waals surface area contributed by atoms with Crippen LogP contribution in [-0.4, -0.2) is 42.7 Å². The number of carbonyl (C=O) groups is 1. The molecule has 0 radical (unpaired) electrons. The maximum Gasteiger partial charge on any atom is 0.254 e. The third kappa shape index (κ3) is 3.91. The Hall–Kier alpha value is -2.22. The van der Waals surface area contributed by atoms with Gasteiger partial charge in [0.1, 0.15) is 15.7 Å². The SMILES string of the molecule is Cc1c(C(=O)NCCS(C)(=O)=O)cnn1-c1ccc(F)cc1. The topological polar surface area (TPSA) is 81.1 Å². The number of benzene rings is 1. The summed E-state index contributed by atoms with van der Waals surface area (Å²) in [4.78, 5) is 12.0. The van der Waals surface area contributed by atoms with E-state index in [4.69, 9.17) is 0 Å². The summed E-state index contributed by atoms with van der Waals surface area (Å²) in [5.74, 6) is -0.869. The lowest BCUT2D eigenvalue weighted by Gasteiger charge is -2.06. The van der Waals surface area contributed by atoms with Crippen molar-refractivity contribution < 1.29 is 17.6 Å². The van der Waals surface area contributed by atoms with Crippen molar-refractivity contribution in [2.75, 3.05) is 18.6 Å². The van der Waals surface area contributed by atoms with E-state index in [-0.39, 0.29) is 18.1 Å². The lowest BCUT2D eigenvalue weighted by Crippen LogP contribution is -2.29. The Morgan fingerprint density at radius 3 is 2.55 bits per heavy atom. The molecule has 1 amide bonds. The van der Waals surface area contributed by atoms with Gasteiger partial charge in [-0.15, -0.1) is 0 Å². The van der Waals surface area contributed by atoms with Crippen molar-refractivity contribution in [2.24, 2.45) is 0 Å². The third-order valence-corrected chi connectivity index (χ3v) is 4.03. The van der Waals surface area contributed by atoms with Gasteiger partial charge in [-0.1, -0.05) is 0 Å². The normalized spacial score (nSPS) is 11.4. The van der Waals surface area contributed by atoms with Crippen LogP contribution in [0.25, 0.3) is 5.69 Å². The summed E-state index contributed by atoms with van der Waals surface area (Å²) in [6.45, 7) is 1.75. The molecule has 1 N–H and O–H groups in total. The highest BCUT2D eigenvalue weighted by atomic mass is 32.2.